The van der Waals surface area contributed by atoms with Gasteiger partial charge in [-0.1, -0.05) is 17.4 Å². The van der Waals surface area contributed by atoms with E-state index in [0.29, 0.717) is 6.04 Å². The molecule has 0 N–H and O–H groups in total. The van der Waals surface area contributed by atoms with Crippen LogP contribution in [-0.2, 0) is 6.54 Å². The molecule has 0 aromatic carbocycles. The van der Waals surface area contributed by atoms with Crippen LogP contribution in [0.2, 0.25) is 0 Å². The minimum Gasteiger partial charge on any atom is -0.342 e. The molecule has 1 fully saturated rings. The molecular formula is C16H18N6S. The normalized spacial score (nSPS) is 17.8. The number of nitrogens with zero attached hydrogens (tertiary/aromatic N) is 6. The van der Waals surface area contributed by atoms with Crippen LogP contribution in [-0.4, -0.2) is 37.3 Å². The molecule has 1 aliphatic rings. The quantitative estimate of drug-likeness (QED) is 0.738. The van der Waals surface area contributed by atoms with E-state index in [1.54, 1.807) is 17.5 Å². The van der Waals surface area contributed by atoms with Crippen molar-refractivity contribution in [2.24, 2.45) is 0 Å². The second kappa shape index (κ2) is 6.08. The maximum Gasteiger partial charge on any atom is 0.208 e. The van der Waals surface area contributed by atoms with E-state index in [9.17, 15) is 0 Å². The maximum atomic E-state index is 4.41. The molecule has 3 aromatic rings. The lowest BCUT2D eigenvalue weighted by molar-refractivity contribution is 0.539. The van der Waals surface area contributed by atoms with E-state index in [4.69, 9.17) is 0 Å². The van der Waals surface area contributed by atoms with Crippen molar-refractivity contribution in [3.8, 4) is 10.7 Å². The van der Waals surface area contributed by atoms with Gasteiger partial charge in [-0.05, 0) is 31.9 Å². The third-order valence-electron chi connectivity index (χ3n) is 4.25. The molecule has 0 saturated carbocycles. The van der Waals surface area contributed by atoms with Gasteiger partial charge in [0.05, 0.1) is 0 Å². The molecule has 0 radical (unpaired) electrons. The first-order valence-corrected chi connectivity index (χ1v) is 8.62. The summed E-state index contributed by atoms with van der Waals surface area (Å²) in [6.45, 7) is 4.03. The Kier molecular flexibility index (Phi) is 3.78. The highest BCUT2D eigenvalue weighted by atomic mass is 32.1. The predicted octanol–water partition coefficient (Wildman–Crippen LogP) is 2.77. The van der Waals surface area contributed by atoms with E-state index >= 15 is 0 Å². The third-order valence-corrected chi connectivity index (χ3v) is 5.24. The van der Waals surface area contributed by atoms with Crippen molar-refractivity contribution in [3.05, 3.63) is 42.6 Å². The van der Waals surface area contributed by atoms with Crippen LogP contribution < -0.4 is 4.90 Å². The fraction of sp³-hybridized carbons (Fsp3) is 0.375. The molecule has 6 nitrogen and oxygen atoms in total. The van der Waals surface area contributed by atoms with Gasteiger partial charge in [-0.15, -0.1) is 10.2 Å². The molecule has 4 rings (SSSR count). The fourth-order valence-electron chi connectivity index (χ4n) is 3.03. The monoisotopic (exact) mass is 326 g/mol. The zero-order valence-electron chi connectivity index (χ0n) is 13.0. The number of pyridine rings is 1. The van der Waals surface area contributed by atoms with Crippen LogP contribution in [0.5, 0.6) is 0 Å². The molecule has 0 bridgehead atoms. The summed E-state index contributed by atoms with van der Waals surface area (Å²) in [4.78, 5) is 11.0. The van der Waals surface area contributed by atoms with Gasteiger partial charge in [-0.25, -0.2) is 4.98 Å². The number of aromatic nitrogens is 5. The van der Waals surface area contributed by atoms with Crippen LogP contribution in [0.25, 0.3) is 10.7 Å². The molecule has 1 saturated heterocycles. The molecule has 3 aromatic heterocycles. The molecule has 1 atom stereocenters. The van der Waals surface area contributed by atoms with Gasteiger partial charge < -0.3 is 9.47 Å². The largest absolute Gasteiger partial charge is 0.342 e. The summed E-state index contributed by atoms with van der Waals surface area (Å²) in [6, 6.07) is 6.31. The van der Waals surface area contributed by atoms with E-state index < -0.39 is 0 Å². The molecule has 118 valence electrons. The minimum atomic E-state index is 0.451. The minimum absolute atomic E-state index is 0.451. The first kappa shape index (κ1) is 14.3. The van der Waals surface area contributed by atoms with Gasteiger partial charge in [-0.3, -0.25) is 4.98 Å². The molecule has 4 heterocycles. The van der Waals surface area contributed by atoms with Gasteiger partial charge in [0, 0.05) is 37.7 Å². The van der Waals surface area contributed by atoms with Crippen molar-refractivity contribution in [1.82, 2.24) is 24.7 Å². The molecule has 1 aliphatic heterocycles. The van der Waals surface area contributed by atoms with Crippen molar-refractivity contribution in [3.63, 3.8) is 0 Å². The van der Waals surface area contributed by atoms with Crippen LogP contribution in [0.1, 0.15) is 18.7 Å². The van der Waals surface area contributed by atoms with Crippen molar-refractivity contribution in [1.29, 1.82) is 0 Å². The Morgan fingerprint density at radius 3 is 2.96 bits per heavy atom. The summed E-state index contributed by atoms with van der Waals surface area (Å²) in [5.41, 5.74) is 0.887. The summed E-state index contributed by atoms with van der Waals surface area (Å²) in [5.74, 6) is 1.06. The predicted molar refractivity (Wildman–Crippen MR) is 90.5 cm³/mol. The van der Waals surface area contributed by atoms with Gasteiger partial charge in [0.1, 0.15) is 11.5 Å². The molecule has 0 spiro atoms. The Morgan fingerprint density at radius 1 is 1.22 bits per heavy atom. The third kappa shape index (κ3) is 2.84. The van der Waals surface area contributed by atoms with Gasteiger partial charge >= 0.3 is 0 Å². The van der Waals surface area contributed by atoms with Crippen LogP contribution in [0.3, 0.4) is 0 Å². The zero-order valence-corrected chi connectivity index (χ0v) is 13.8. The van der Waals surface area contributed by atoms with Gasteiger partial charge in [0.25, 0.3) is 0 Å². The first-order chi connectivity index (χ1) is 11.3. The lowest BCUT2D eigenvalue weighted by Crippen LogP contribution is -2.33. The number of anilines is 1. The van der Waals surface area contributed by atoms with Crippen molar-refractivity contribution in [2.45, 2.75) is 32.4 Å². The second-order valence-electron chi connectivity index (χ2n) is 5.72. The molecule has 0 aliphatic carbocycles. The zero-order chi connectivity index (χ0) is 15.6. The van der Waals surface area contributed by atoms with Crippen LogP contribution in [0.4, 0.5) is 5.13 Å². The Morgan fingerprint density at radius 2 is 2.17 bits per heavy atom. The number of hydrogen-bond donors (Lipinski definition) is 0. The van der Waals surface area contributed by atoms with E-state index in [1.807, 2.05) is 37.5 Å². The fourth-order valence-corrected chi connectivity index (χ4v) is 3.94. The van der Waals surface area contributed by atoms with Gasteiger partial charge in [-0.2, -0.15) is 0 Å². The summed E-state index contributed by atoms with van der Waals surface area (Å²) >= 11 is 1.62. The molecule has 7 heteroatoms. The van der Waals surface area contributed by atoms with Crippen molar-refractivity contribution < 1.29 is 0 Å². The number of imidazole rings is 1. The molecule has 0 amide bonds. The smallest absolute Gasteiger partial charge is 0.208 e. The number of aryl methyl sites for hydroxylation is 1. The van der Waals surface area contributed by atoms with E-state index in [-0.39, 0.29) is 0 Å². The van der Waals surface area contributed by atoms with E-state index in [0.717, 1.165) is 34.7 Å². The lowest BCUT2D eigenvalue weighted by atomic mass is 10.2. The average Bonchev–Trinajstić information content (AvgIpc) is 3.30. The topological polar surface area (TPSA) is 59.7 Å². The van der Waals surface area contributed by atoms with Crippen LogP contribution in [0.15, 0.2) is 36.8 Å². The standard InChI is InChI=1S/C16H18N6S/c1-12-17-8-10-21(12)11-13-5-4-9-22(13)16-20-19-15(23-16)14-6-2-3-7-18-14/h2-3,6-8,10,13H,4-5,9,11H2,1H3. The summed E-state index contributed by atoms with van der Waals surface area (Å²) in [6.07, 6.45) is 8.06. The van der Waals surface area contributed by atoms with E-state index in [2.05, 4.69) is 29.6 Å². The Hall–Kier alpha value is -2.28. The highest BCUT2D eigenvalue weighted by Crippen LogP contribution is 2.32. The van der Waals surface area contributed by atoms with Crippen molar-refractivity contribution >= 4 is 16.5 Å². The SMILES string of the molecule is Cc1nccn1CC1CCCN1c1nnc(-c2ccccn2)s1. The Balaban J connectivity index is 1.55. The highest BCUT2D eigenvalue weighted by Gasteiger charge is 2.28. The van der Waals surface area contributed by atoms with Gasteiger partial charge in [0.15, 0.2) is 5.01 Å². The van der Waals surface area contributed by atoms with Crippen LogP contribution >= 0.6 is 11.3 Å². The summed E-state index contributed by atoms with van der Waals surface area (Å²) < 4.78 is 2.21. The summed E-state index contributed by atoms with van der Waals surface area (Å²) in [5, 5.41) is 10.6. The maximum absolute atomic E-state index is 4.41. The summed E-state index contributed by atoms with van der Waals surface area (Å²) in [7, 11) is 0. The number of hydrogen-bond acceptors (Lipinski definition) is 6. The van der Waals surface area contributed by atoms with Crippen molar-refractivity contribution in [2.75, 3.05) is 11.4 Å². The lowest BCUT2D eigenvalue weighted by Gasteiger charge is -2.24. The molecule has 1 unspecified atom stereocenters. The molecular weight excluding hydrogens is 308 g/mol. The molecule has 23 heavy (non-hydrogen) atoms. The first-order valence-electron chi connectivity index (χ1n) is 7.80. The van der Waals surface area contributed by atoms with Crippen LogP contribution in [0, 0.1) is 6.92 Å². The Bertz CT molecular complexity index is 781. The van der Waals surface area contributed by atoms with E-state index in [1.165, 1.54) is 12.8 Å². The Labute approximate surface area is 138 Å². The average molecular weight is 326 g/mol. The highest BCUT2D eigenvalue weighted by molar-refractivity contribution is 7.18. The number of rotatable bonds is 4. The van der Waals surface area contributed by atoms with Gasteiger partial charge in [0.2, 0.25) is 5.13 Å². The second-order valence-corrected chi connectivity index (χ2v) is 6.68.